The third-order valence-corrected chi connectivity index (χ3v) is 8.26. The summed E-state index contributed by atoms with van der Waals surface area (Å²) in [6.07, 6.45) is 30.5. The van der Waals surface area contributed by atoms with E-state index >= 15 is 0 Å². The van der Waals surface area contributed by atoms with Gasteiger partial charge in [0, 0.05) is 10.8 Å². The molecule has 0 bridgehead atoms. The van der Waals surface area contributed by atoms with Crippen molar-refractivity contribution in [3.8, 4) is 0 Å². The van der Waals surface area contributed by atoms with Crippen molar-refractivity contribution in [2.45, 2.75) is 94.3 Å². The molecule has 2 nitrogen and oxygen atoms in total. The average molecular weight is 541 g/mol. The van der Waals surface area contributed by atoms with E-state index in [0.717, 1.165) is 12.8 Å². The van der Waals surface area contributed by atoms with Crippen molar-refractivity contribution in [1.82, 2.24) is 0 Å². The molecule has 2 heteroatoms. The number of rotatable bonds is 10. The zero-order chi connectivity index (χ0) is 30.1. The molecule has 0 radical (unpaired) electrons. The molecule has 0 saturated heterocycles. The van der Waals surface area contributed by atoms with E-state index in [2.05, 4.69) is 154 Å². The Bertz CT molecular complexity index is 1160. The average Bonchev–Trinajstić information content (AvgIpc) is 3.18. The smallest absolute Gasteiger partial charge is 0.0668 e. The zero-order valence-electron chi connectivity index (χ0n) is 26.5. The Morgan fingerprint density at radius 3 is 1.15 bits per heavy atom. The van der Waals surface area contributed by atoms with Gasteiger partial charge in [0.2, 0.25) is 0 Å². The van der Waals surface area contributed by atoms with Gasteiger partial charge in [-0.2, -0.15) is 0 Å². The van der Waals surface area contributed by atoms with Crippen LogP contribution in [0.25, 0.3) is 0 Å². The predicted octanol–water partition coefficient (Wildman–Crippen LogP) is 9.77. The third-order valence-electron chi connectivity index (χ3n) is 8.26. The summed E-state index contributed by atoms with van der Waals surface area (Å²) in [7, 11) is 0. The molecule has 2 aliphatic carbocycles. The number of allylic oxidation sites excluding steroid dienone is 18. The van der Waals surface area contributed by atoms with Crippen molar-refractivity contribution in [3.05, 3.63) is 130 Å². The van der Waals surface area contributed by atoms with Crippen molar-refractivity contribution in [2.24, 2.45) is 10.8 Å². The van der Waals surface area contributed by atoms with Crippen LogP contribution in [0.3, 0.4) is 0 Å². The summed E-state index contributed by atoms with van der Waals surface area (Å²) in [6.45, 7) is 21.1. The molecule has 216 valence electrons. The minimum Gasteiger partial charge on any atom is -0.392 e. The van der Waals surface area contributed by atoms with Gasteiger partial charge in [0.05, 0.1) is 12.2 Å². The normalized spacial score (nSPS) is 25.1. The maximum atomic E-state index is 10.3. The van der Waals surface area contributed by atoms with Crippen molar-refractivity contribution < 1.29 is 10.2 Å². The Labute approximate surface area is 244 Å². The maximum absolute atomic E-state index is 10.3. The first-order valence-corrected chi connectivity index (χ1v) is 14.5. The Morgan fingerprint density at radius 2 is 0.850 bits per heavy atom. The van der Waals surface area contributed by atoms with Crippen LogP contribution in [0.2, 0.25) is 0 Å². The highest BCUT2D eigenvalue weighted by Gasteiger charge is 2.38. The Kier molecular flexibility index (Phi) is 12.2. The molecule has 2 atom stereocenters. The van der Waals surface area contributed by atoms with E-state index in [1.165, 1.54) is 44.6 Å². The van der Waals surface area contributed by atoms with Gasteiger partial charge in [0.25, 0.3) is 0 Å². The Hall–Kier alpha value is -2.94. The van der Waals surface area contributed by atoms with Crippen LogP contribution in [0.1, 0.15) is 82.1 Å². The quantitative estimate of drug-likeness (QED) is 0.271. The lowest BCUT2D eigenvalue weighted by molar-refractivity contribution is 0.0919. The molecule has 0 amide bonds. The van der Waals surface area contributed by atoms with Gasteiger partial charge in [0.1, 0.15) is 0 Å². The van der Waals surface area contributed by atoms with Gasteiger partial charge in [-0.1, -0.05) is 146 Å². The fraction of sp³-hybridized carbons (Fsp3) is 0.421. The van der Waals surface area contributed by atoms with Gasteiger partial charge in [-0.3, -0.25) is 0 Å². The van der Waals surface area contributed by atoms with Crippen LogP contribution < -0.4 is 0 Å². The largest absolute Gasteiger partial charge is 0.392 e. The maximum Gasteiger partial charge on any atom is 0.0668 e. The summed E-state index contributed by atoms with van der Waals surface area (Å²) in [5.74, 6) is 0. The van der Waals surface area contributed by atoms with Gasteiger partial charge < -0.3 is 10.2 Å². The summed E-state index contributed by atoms with van der Waals surface area (Å²) in [4.78, 5) is 0. The van der Waals surface area contributed by atoms with Crippen LogP contribution in [-0.2, 0) is 0 Å². The van der Waals surface area contributed by atoms with Crippen LogP contribution in [-0.4, -0.2) is 22.4 Å². The van der Waals surface area contributed by atoms with E-state index in [-0.39, 0.29) is 23.0 Å². The molecule has 0 spiro atoms. The second-order valence-corrected chi connectivity index (χ2v) is 12.7. The van der Waals surface area contributed by atoms with Crippen molar-refractivity contribution in [3.63, 3.8) is 0 Å². The number of aliphatic hydroxyl groups is 2. The van der Waals surface area contributed by atoms with Crippen LogP contribution >= 0.6 is 0 Å². The molecular formula is C38H52O2. The van der Waals surface area contributed by atoms with E-state index in [9.17, 15) is 10.2 Å². The minimum absolute atomic E-state index is 0.187. The Balaban J connectivity index is 1.88. The number of aliphatic hydroxyl groups excluding tert-OH is 2. The lowest BCUT2D eigenvalue weighted by atomic mass is 9.83. The summed E-state index contributed by atoms with van der Waals surface area (Å²) < 4.78 is 0. The zero-order valence-corrected chi connectivity index (χ0v) is 26.5. The van der Waals surface area contributed by atoms with Crippen LogP contribution in [0.5, 0.6) is 0 Å². The second kappa shape index (κ2) is 14.6. The van der Waals surface area contributed by atoms with Gasteiger partial charge >= 0.3 is 0 Å². The molecule has 2 rings (SSSR count). The molecule has 0 heterocycles. The molecule has 2 unspecified atom stereocenters. The number of hydrogen-bond acceptors (Lipinski definition) is 2. The molecule has 0 saturated carbocycles. The van der Waals surface area contributed by atoms with Gasteiger partial charge in [-0.05, 0) is 65.5 Å². The standard InChI is InChI=1S/C38H52O2/c1-27(17-13-19-29(3)21-23-33-31(5)25-35(39)37(33,7)8)15-11-12-16-28(2)18-14-20-30(4)22-24-34-32(6)26-36(40)38(34,9)10/h11-24,35-36,39-40H,25-26H2,1-10H3/b12-11+,17-13+,18-14+,23-21+,24-22+,27-15+,28-16+,29-19+,30-20+. The Morgan fingerprint density at radius 1 is 0.550 bits per heavy atom. The van der Waals surface area contributed by atoms with Crippen molar-refractivity contribution in [2.75, 3.05) is 0 Å². The van der Waals surface area contributed by atoms with E-state index in [1.807, 2.05) is 0 Å². The van der Waals surface area contributed by atoms with E-state index < -0.39 is 0 Å². The molecule has 0 fully saturated rings. The topological polar surface area (TPSA) is 40.5 Å². The monoisotopic (exact) mass is 540 g/mol. The summed E-state index contributed by atoms with van der Waals surface area (Å²) in [5, 5.41) is 20.6. The summed E-state index contributed by atoms with van der Waals surface area (Å²) in [6, 6.07) is 0. The first kappa shape index (κ1) is 33.3. The highest BCUT2D eigenvalue weighted by molar-refractivity contribution is 5.41. The first-order chi connectivity index (χ1) is 18.7. The number of hydrogen-bond donors (Lipinski definition) is 2. The highest BCUT2D eigenvalue weighted by Crippen LogP contribution is 2.44. The molecule has 0 aromatic carbocycles. The van der Waals surface area contributed by atoms with Crippen molar-refractivity contribution >= 4 is 0 Å². The molecular weight excluding hydrogens is 488 g/mol. The first-order valence-electron chi connectivity index (χ1n) is 14.5. The fourth-order valence-corrected chi connectivity index (χ4v) is 5.25. The van der Waals surface area contributed by atoms with E-state index in [0.29, 0.717) is 0 Å². The summed E-state index contributed by atoms with van der Waals surface area (Å²) in [5.41, 5.74) is 9.39. The predicted molar refractivity (Wildman–Crippen MR) is 175 cm³/mol. The molecule has 40 heavy (non-hydrogen) atoms. The summed E-state index contributed by atoms with van der Waals surface area (Å²) >= 11 is 0. The van der Waals surface area contributed by atoms with Crippen LogP contribution in [0.4, 0.5) is 0 Å². The third kappa shape index (κ3) is 9.32. The molecule has 0 aromatic rings. The minimum atomic E-state index is -0.297. The van der Waals surface area contributed by atoms with Gasteiger partial charge in [0.15, 0.2) is 0 Å². The van der Waals surface area contributed by atoms with Gasteiger partial charge in [-0.25, -0.2) is 0 Å². The van der Waals surface area contributed by atoms with E-state index in [1.54, 1.807) is 0 Å². The van der Waals surface area contributed by atoms with E-state index in [4.69, 9.17) is 0 Å². The lowest BCUT2D eigenvalue weighted by Crippen LogP contribution is -2.25. The molecule has 2 aliphatic rings. The fourth-order valence-electron chi connectivity index (χ4n) is 5.25. The lowest BCUT2D eigenvalue weighted by Gasteiger charge is -2.25. The molecule has 2 N–H and O–H groups in total. The van der Waals surface area contributed by atoms with Gasteiger partial charge in [-0.15, -0.1) is 0 Å². The second-order valence-electron chi connectivity index (χ2n) is 12.7. The SMILES string of the molecule is CC1=C(/C=C/C(C)=C/C=C/C(C)=C/C=C/C=C(C)/C=C/C=C(C)/C=C/C2=C(C)CC(O)C2(C)C)C(C)(C)C(O)C1. The highest BCUT2D eigenvalue weighted by atomic mass is 16.3. The van der Waals surface area contributed by atoms with Crippen LogP contribution in [0, 0.1) is 10.8 Å². The molecule has 0 aromatic heterocycles. The molecule has 0 aliphatic heterocycles. The van der Waals surface area contributed by atoms with Crippen molar-refractivity contribution in [1.29, 1.82) is 0 Å². The van der Waals surface area contributed by atoms with Crippen LogP contribution in [0.15, 0.2) is 130 Å².